The maximum atomic E-state index is 12.0. The standard InChI is InChI=1S/C13H18N6OS/c1-13(11(20)15-2)4-5-19(7-13)9-8-3-6-21-10(8)17-12(16-9)18-14/h3,6H,4-5,7,14H2,1-2H3,(H,15,20)(H,16,17,18). The number of nitrogens with two attached hydrogens (primary N) is 1. The number of nitrogens with zero attached hydrogens (tertiary/aromatic N) is 3. The van der Waals surface area contributed by atoms with E-state index in [2.05, 4.69) is 25.6 Å². The molecule has 1 aliphatic rings. The van der Waals surface area contributed by atoms with Crippen LogP contribution in [0, 0.1) is 5.41 Å². The lowest BCUT2D eigenvalue weighted by Crippen LogP contribution is -2.39. The molecule has 0 bridgehead atoms. The van der Waals surface area contributed by atoms with Crippen LogP contribution in [0.2, 0.25) is 0 Å². The molecule has 0 saturated carbocycles. The quantitative estimate of drug-likeness (QED) is 0.577. The van der Waals surface area contributed by atoms with E-state index in [4.69, 9.17) is 5.84 Å². The minimum absolute atomic E-state index is 0.0674. The van der Waals surface area contributed by atoms with E-state index in [-0.39, 0.29) is 5.91 Å². The van der Waals surface area contributed by atoms with Gasteiger partial charge in [0, 0.05) is 20.1 Å². The summed E-state index contributed by atoms with van der Waals surface area (Å²) in [7, 11) is 1.68. The maximum absolute atomic E-state index is 12.0. The SMILES string of the molecule is CNC(=O)C1(C)CCN(c2nc(NN)nc3sccc23)C1. The molecule has 7 nitrogen and oxygen atoms in total. The summed E-state index contributed by atoms with van der Waals surface area (Å²) < 4.78 is 0. The summed E-state index contributed by atoms with van der Waals surface area (Å²) in [4.78, 5) is 23.9. The molecule has 0 radical (unpaired) electrons. The molecule has 112 valence electrons. The average molecular weight is 306 g/mol. The van der Waals surface area contributed by atoms with E-state index in [0.29, 0.717) is 12.5 Å². The number of hydrogen-bond acceptors (Lipinski definition) is 7. The van der Waals surface area contributed by atoms with Gasteiger partial charge in [0.1, 0.15) is 10.6 Å². The number of nitrogen functional groups attached to an aromatic ring is 1. The summed E-state index contributed by atoms with van der Waals surface area (Å²) in [6.45, 7) is 3.41. The van der Waals surface area contributed by atoms with Crippen molar-refractivity contribution in [2.75, 3.05) is 30.5 Å². The smallest absolute Gasteiger partial charge is 0.240 e. The number of thiophene rings is 1. The van der Waals surface area contributed by atoms with E-state index in [1.165, 1.54) is 0 Å². The van der Waals surface area contributed by atoms with Crippen LogP contribution < -0.4 is 21.5 Å². The normalized spacial score (nSPS) is 21.8. The molecule has 1 atom stereocenters. The second-order valence-corrected chi connectivity index (χ2v) is 6.36. The molecule has 3 rings (SSSR count). The van der Waals surface area contributed by atoms with Crippen molar-refractivity contribution >= 4 is 39.2 Å². The Morgan fingerprint density at radius 1 is 1.52 bits per heavy atom. The Hall–Kier alpha value is -1.93. The first-order valence-corrected chi connectivity index (χ1v) is 7.64. The fourth-order valence-corrected chi connectivity index (χ4v) is 3.53. The van der Waals surface area contributed by atoms with Crippen molar-refractivity contribution in [2.24, 2.45) is 11.3 Å². The number of rotatable bonds is 3. The van der Waals surface area contributed by atoms with Gasteiger partial charge in [-0.3, -0.25) is 10.2 Å². The second-order valence-electron chi connectivity index (χ2n) is 5.47. The second kappa shape index (κ2) is 5.12. The zero-order chi connectivity index (χ0) is 15.0. The molecule has 4 N–H and O–H groups in total. The van der Waals surface area contributed by atoms with E-state index in [1.54, 1.807) is 18.4 Å². The maximum Gasteiger partial charge on any atom is 0.240 e. The first kappa shape index (κ1) is 14.0. The molecule has 21 heavy (non-hydrogen) atoms. The molecule has 0 spiro atoms. The van der Waals surface area contributed by atoms with Crippen LogP contribution >= 0.6 is 11.3 Å². The number of amides is 1. The lowest BCUT2D eigenvalue weighted by molar-refractivity contribution is -0.128. The highest BCUT2D eigenvalue weighted by molar-refractivity contribution is 7.16. The zero-order valence-corrected chi connectivity index (χ0v) is 12.8. The summed E-state index contributed by atoms with van der Waals surface area (Å²) >= 11 is 1.55. The van der Waals surface area contributed by atoms with Crippen LogP contribution in [0.15, 0.2) is 11.4 Å². The van der Waals surface area contributed by atoms with Gasteiger partial charge >= 0.3 is 0 Å². The number of fused-ring (bicyclic) bond motifs is 1. The van der Waals surface area contributed by atoms with Gasteiger partial charge in [-0.05, 0) is 24.8 Å². The fourth-order valence-electron chi connectivity index (χ4n) is 2.77. The Bertz CT molecular complexity index is 686. The van der Waals surface area contributed by atoms with E-state index < -0.39 is 5.41 Å². The summed E-state index contributed by atoms with van der Waals surface area (Å²) in [5.74, 6) is 6.75. The van der Waals surface area contributed by atoms with Crippen LogP contribution in [0.3, 0.4) is 0 Å². The zero-order valence-electron chi connectivity index (χ0n) is 12.0. The van der Waals surface area contributed by atoms with Crippen LogP contribution in [0.4, 0.5) is 11.8 Å². The number of nitrogens with one attached hydrogen (secondary N) is 2. The number of hydrogen-bond donors (Lipinski definition) is 3. The number of anilines is 2. The van der Waals surface area contributed by atoms with Crippen molar-refractivity contribution in [1.82, 2.24) is 15.3 Å². The molecule has 2 aromatic rings. The third-order valence-corrected chi connectivity index (χ3v) is 4.79. The van der Waals surface area contributed by atoms with Crippen molar-refractivity contribution in [1.29, 1.82) is 0 Å². The Kier molecular flexibility index (Phi) is 3.42. The molecule has 3 heterocycles. The van der Waals surface area contributed by atoms with Crippen molar-refractivity contribution < 1.29 is 4.79 Å². The molecule has 2 aromatic heterocycles. The van der Waals surface area contributed by atoms with E-state index in [0.717, 1.165) is 29.0 Å². The van der Waals surface area contributed by atoms with Crippen molar-refractivity contribution in [3.63, 3.8) is 0 Å². The Balaban J connectivity index is 1.98. The average Bonchev–Trinajstić information content (AvgIpc) is 3.12. The Labute approximate surface area is 126 Å². The molecule has 1 saturated heterocycles. The summed E-state index contributed by atoms with van der Waals surface area (Å²) in [5, 5.41) is 5.73. The monoisotopic (exact) mass is 306 g/mol. The first-order chi connectivity index (χ1) is 10.1. The van der Waals surface area contributed by atoms with Gasteiger partial charge < -0.3 is 10.2 Å². The lowest BCUT2D eigenvalue weighted by Gasteiger charge is -2.23. The number of aromatic nitrogens is 2. The lowest BCUT2D eigenvalue weighted by atomic mass is 9.89. The van der Waals surface area contributed by atoms with Crippen LogP contribution in [-0.4, -0.2) is 36.0 Å². The van der Waals surface area contributed by atoms with E-state index in [9.17, 15) is 4.79 Å². The van der Waals surface area contributed by atoms with Crippen LogP contribution in [0.5, 0.6) is 0 Å². The molecule has 1 unspecified atom stereocenters. The van der Waals surface area contributed by atoms with Gasteiger partial charge in [0.05, 0.1) is 10.8 Å². The topological polar surface area (TPSA) is 96.2 Å². The van der Waals surface area contributed by atoms with Crippen molar-refractivity contribution in [2.45, 2.75) is 13.3 Å². The van der Waals surface area contributed by atoms with Gasteiger partial charge in [-0.1, -0.05) is 0 Å². The minimum Gasteiger partial charge on any atom is -0.359 e. The first-order valence-electron chi connectivity index (χ1n) is 6.76. The van der Waals surface area contributed by atoms with Crippen LogP contribution in [0.25, 0.3) is 10.2 Å². The van der Waals surface area contributed by atoms with Gasteiger partial charge in [0.2, 0.25) is 11.9 Å². The molecule has 1 amide bonds. The summed E-state index contributed by atoms with van der Waals surface area (Å²) in [5.41, 5.74) is 2.12. The molecular formula is C13H18N6OS. The summed E-state index contributed by atoms with van der Waals surface area (Å²) in [6.07, 6.45) is 0.799. The molecule has 0 aromatic carbocycles. The third kappa shape index (κ3) is 2.30. The summed E-state index contributed by atoms with van der Waals surface area (Å²) in [6, 6.07) is 2.01. The van der Waals surface area contributed by atoms with Crippen LogP contribution in [-0.2, 0) is 4.79 Å². The Morgan fingerprint density at radius 3 is 3.05 bits per heavy atom. The van der Waals surface area contributed by atoms with Gasteiger partial charge in [-0.2, -0.15) is 4.98 Å². The van der Waals surface area contributed by atoms with E-state index >= 15 is 0 Å². The number of hydrazine groups is 1. The highest BCUT2D eigenvalue weighted by atomic mass is 32.1. The highest BCUT2D eigenvalue weighted by Crippen LogP contribution is 2.36. The molecule has 1 fully saturated rings. The fraction of sp³-hybridized carbons (Fsp3) is 0.462. The molecule has 1 aliphatic heterocycles. The van der Waals surface area contributed by atoms with Crippen molar-refractivity contribution in [3.8, 4) is 0 Å². The number of carbonyl (C=O) groups excluding carboxylic acids is 1. The Morgan fingerprint density at radius 2 is 2.33 bits per heavy atom. The predicted octanol–water partition coefficient (Wildman–Crippen LogP) is 0.939. The molecule has 8 heteroatoms. The largest absolute Gasteiger partial charge is 0.359 e. The predicted molar refractivity (Wildman–Crippen MR) is 84.2 cm³/mol. The molecule has 0 aliphatic carbocycles. The highest BCUT2D eigenvalue weighted by Gasteiger charge is 2.40. The third-order valence-electron chi connectivity index (χ3n) is 3.98. The number of carbonyl (C=O) groups is 1. The molecular weight excluding hydrogens is 288 g/mol. The van der Waals surface area contributed by atoms with Gasteiger partial charge in [-0.15, -0.1) is 11.3 Å². The van der Waals surface area contributed by atoms with Crippen molar-refractivity contribution in [3.05, 3.63) is 11.4 Å². The minimum atomic E-state index is -0.391. The van der Waals surface area contributed by atoms with E-state index in [1.807, 2.05) is 18.4 Å². The van der Waals surface area contributed by atoms with Gasteiger partial charge in [-0.25, -0.2) is 10.8 Å². The van der Waals surface area contributed by atoms with Gasteiger partial charge in [0.25, 0.3) is 0 Å². The van der Waals surface area contributed by atoms with Crippen LogP contribution in [0.1, 0.15) is 13.3 Å². The van der Waals surface area contributed by atoms with Gasteiger partial charge in [0.15, 0.2) is 0 Å².